The third-order valence-corrected chi connectivity index (χ3v) is 5.61. The first-order valence-corrected chi connectivity index (χ1v) is 9.38. The van der Waals surface area contributed by atoms with Crippen LogP contribution < -0.4 is 5.32 Å². The highest BCUT2D eigenvalue weighted by atomic mass is 16.2. The molecule has 1 saturated heterocycles. The average Bonchev–Trinajstić information content (AvgIpc) is 3.36. The largest absolute Gasteiger partial charge is 0.337 e. The average molecular weight is 343 g/mol. The van der Waals surface area contributed by atoms with E-state index >= 15 is 0 Å². The van der Waals surface area contributed by atoms with Gasteiger partial charge in [0.15, 0.2) is 0 Å². The molecule has 0 radical (unpaired) electrons. The summed E-state index contributed by atoms with van der Waals surface area (Å²) in [5.74, 6) is 0.282. The lowest BCUT2D eigenvalue weighted by molar-refractivity contribution is -0.124. The Balaban J connectivity index is 1.62. The van der Waals surface area contributed by atoms with Gasteiger partial charge in [-0.05, 0) is 65.0 Å². The van der Waals surface area contributed by atoms with Gasteiger partial charge < -0.3 is 5.32 Å². The summed E-state index contributed by atoms with van der Waals surface area (Å²) in [6.45, 7) is 8.07. The van der Waals surface area contributed by atoms with Crippen LogP contribution in [0.25, 0.3) is 0 Å². The third kappa shape index (κ3) is 4.21. The lowest BCUT2D eigenvalue weighted by Gasteiger charge is -2.36. The lowest BCUT2D eigenvalue weighted by Crippen LogP contribution is -2.53. The second-order valence-corrected chi connectivity index (χ2v) is 7.87. The van der Waals surface area contributed by atoms with Crippen molar-refractivity contribution >= 4 is 5.91 Å². The Morgan fingerprint density at radius 3 is 2.76 bits per heavy atom. The molecule has 1 amide bonds. The Bertz CT molecular complexity index is 672. The summed E-state index contributed by atoms with van der Waals surface area (Å²) >= 11 is 0. The minimum Gasteiger partial charge on any atom is -0.337 e. The first-order chi connectivity index (χ1) is 11.9. The number of carbonyl (C=O) groups is 1. The molecule has 2 fully saturated rings. The van der Waals surface area contributed by atoms with Crippen LogP contribution in [0.3, 0.4) is 0 Å². The van der Waals surface area contributed by atoms with Crippen LogP contribution in [0.5, 0.6) is 0 Å². The standard InChI is InChI=1S/C19H29N5O/c1-14-10-15(2)24(22-14)11-17-6-4-5-9-23(17)12-18(25)21-19(3,13-20)16-7-8-16/h10,16-17H,4-9,11-12H2,1-3H3,(H,21,25)/t17-,19+/m0/s1. The van der Waals surface area contributed by atoms with E-state index < -0.39 is 5.54 Å². The van der Waals surface area contributed by atoms with Gasteiger partial charge in [-0.3, -0.25) is 14.4 Å². The fourth-order valence-corrected chi connectivity index (χ4v) is 3.93. The number of amides is 1. The molecular weight excluding hydrogens is 314 g/mol. The van der Waals surface area contributed by atoms with Crippen LogP contribution in [0.15, 0.2) is 6.07 Å². The molecule has 2 heterocycles. The molecule has 25 heavy (non-hydrogen) atoms. The molecule has 0 spiro atoms. The van der Waals surface area contributed by atoms with Gasteiger partial charge in [-0.2, -0.15) is 10.4 Å². The number of rotatable bonds is 6. The van der Waals surface area contributed by atoms with Crippen molar-refractivity contribution in [2.75, 3.05) is 13.1 Å². The first kappa shape index (κ1) is 17.9. The molecule has 6 heteroatoms. The van der Waals surface area contributed by atoms with Gasteiger partial charge in [-0.15, -0.1) is 0 Å². The normalized spacial score (nSPS) is 23.7. The lowest BCUT2D eigenvalue weighted by atomic mass is 9.97. The summed E-state index contributed by atoms with van der Waals surface area (Å²) in [6, 6.07) is 4.72. The van der Waals surface area contributed by atoms with Crippen molar-refractivity contribution in [1.29, 1.82) is 5.26 Å². The van der Waals surface area contributed by atoms with E-state index in [1.165, 1.54) is 12.1 Å². The fourth-order valence-electron chi connectivity index (χ4n) is 3.93. The Hall–Kier alpha value is -1.87. The van der Waals surface area contributed by atoms with Gasteiger partial charge in [0.05, 0.1) is 24.9 Å². The highest BCUT2D eigenvalue weighted by Crippen LogP contribution is 2.39. The van der Waals surface area contributed by atoms with E-state index in [1.807, 2.05) is 13.8 Å². The minimum absolute atomic E-state index is 0.0313. The highest BCUT2D eigenvalue weighted by molar-refractivity contribution is 5.79. The second-order valence-electron chi connectivity index (χ2n) is 7.87. The molecule has 1 aromatic heterocycles. The van der Waals surface area contributed by atoms with E-state index in [4.69, 9.17) is 0 Å². The monoisotopic (exact) mass is 343 g/mol. The van der Waals surface area contributed by atoms with Crippen molar-refractivity contribution in [1.82, 2.24) is 20.0 Å². The van der Waals surface area contributed by atoms with Gasteiger partial charge >= 0.3 is 0 Å². The quantitative estimate of drug-likeness (QED) is 0.859. The Morgan fingerprint density at radius 1 is 1.40 bits per heavy atom. The van der Waals surface area contributed by atoms with Crippen LogP contribution in [0, 0.1) is 31.1 Å². The number of carbonyl (C=O) groups excluding carboxylic acids is 1. The topological polar surface area (TPSA) is 74.0 Å². The van der Waals surface area contributed by atoms with Crippen molar-refractivity contribution in [3.05, 3.63) is 17.5 Å². The predicted molar refractivity (Wildman–Crippen MR) is 95.8 cm³/mol. The molecule has 6 nitrogen and oxygen atoms in total. The molecule has 0 aromatic carbocycles. The molecule has 136 valence electrons. The van der Waals surface area contributed by atoms with Crippen LogP contribution in [0.1, 0.15) is 50.4 Å². The number of nitriles is 1. The summed E-state index contributed by atoms with van der Waals surface area (Å²) in [7, 11) is 0. The third-order valence-electron chi connectivity index (χ3n) is 5.61. The van der Waals surface area contributed by atoms with E-state index in [1.54, 1.807) is 0 Å². The van der Waals surface area contributed by atoms with Crippen molar-refractivity contribution in [2.45, 2.75) is 71.0 Å². The molecule has 1 aromatic rings. The maximum Gasteiger partial charge on any atom is 0.235 e. The minimum atomic E-state index is -0.710. The fraction of sp³-hybridized carbons (Fsp3) is 0.737. The summed E-state index contributed by atoms with van der Waals surface area (Å²) in [4.78, 5) is 14.8. The van der Waals surface area contributed by atoms with Gasteiger partial charge in [0.1, 0.15) is 5.54 Å². The van der Waals surface area contributed by atoms with Gasteiger partial charge in [-0.1, -0.05) is 6.42 Å². The molecule has 0 bridgehead atoms. The number of nitrogens with one attached hydrogen (secondary N) is 1. The Morgan fingerprint density at radius 2 is 2.16 bits per heavy atom. The van der Waals surface area contributed by atoms with Gasteiger partial charge in [0.2, 0.25) is 5.91 Å². The Labute approximate surface area is 150 Å². The van der Waals surface area contributed by atoms with E-state index in [-0.39, 0.29) is 5.91 Å². The zero-order valence-electron chi connectivity index (χ0n) is 15.6. The number of nitrogens with zero attached hydrogens (tertiary/aromatic N) is 4. The molecule has 0 unspecified atom stereocenters. The SMILES string of the molecule is Cc1cc(C)n(C[C@@H]2CCCCN2CC(=O)N[C@](C)(C#N)C2CC2)n1. The van der Waals surface area contributed by atoms with Gasteiger partial charge in [0.25, 0.3) is 0 Å². The molecule has 1 N–H and O–H groups in total. The summed E-state index contributed by atoms with van der Waals surface area (Å²) in [6.07, 6.45) is 5.48. The smallest absolute Gasteiger partial charge is 0.235 e. The number of likely N-dealkylation sites (tertiary alicyclic amines) is 1. The number of hydrogen-bond acceptors (Lipinski definition) is 4. The van der Waals surface area contributed by atoms with E-state index in [9.17, 15) is 10.1 Å². The molecule has 1 aliphatic heterocycles. The van der Waals surface area contributed by atoms with Crippen molar-refractivity contribution in [3.8, 4) is 6.07 Å². The Kier molecular flexibility index (Phi) is 5.14. The van der Waals surface area contributed by atoms with Crippen molar-refractivity contribution in [3.63, 3.8) is 0 Å². The van der Waals surface area contributed by atoms with E-state index in [0.717, 1.165) is 44.5 Å². The maximum atomic E-state index is 12.6. The van der Waals surface area contributed by atoms with Crippen LogP contribution in [0.2, 0.25) is 0 Å². The first-order valence-electron chi connectivity index (χ1n) is 9.38. The number of piperidine rings is 1. The summed E-state index contributed by atoms with van der Waals surface area (Å²) in [5.41, 5.74) is 1.49. The predicted octanol–water partition coefficient (Wildman–Crippen LogP) is 2.16. The maximum absolute atomic E-state index is 12.6. The summed E-state index contributed by atoms with van der Waals surface area (Å²) in [5, 5.41) is 17.0. The molecule has 1 aliphatic carbocycles. The zero-order valence-corrected chi connectivity index (χ0v) is 15.6. The number of aromatic nitrogens is 2. The molecule has 3 rings (SSSR count). The van der Waals surface area contributed by atoms with Crippen LogP contribution in [0.4, 0.5) is 0 Å². The van der Waals surface area contributed by atoms with E-state index in [0.29, 0.717) is 18.5 Å². The van der Waals surface area contributed by atoms with Crippen molar-refractivity contribution in [2.24, 2.45) is 5.92 Å². The number of hydrogen-bond donors (Lipinski definition) is 1. The molecule has 1 saturated carbocycles. The van der Waals surface area contributed by atoms with Crippen molar-refractivity contribution < 1.29 is 4.79 Å². The molecule has 2 atom stereocenters. The van der Waals surface area contributed by atoms with Gasteiger partial charge in [0, 0.05) is 11.7 Å². The van der Waals surface area contributed by atoms with Crippen LogP contribution >= 0.6 is 0 Å². The van der Waals surface area contributed by atoms with E-state index in [2.05, 4.69) is 39.1 Å². The second kappa shape index (κ2) is 7.17. The number of aryl methyl sites for hydroxylation is 2. The molecule has 2 aliphatic rings. The van der Waals surface area contributed by atoms with Gasteiger partial charge in [-0.25, -0.2) is 0 Å². The highest BCUT2D eigenvalue weighted by Gasteiger charge is 2.43. The van der Waals surface area contributed by atoms with Crippen LogP contribution in [-0.2, 0) is 11.3 Å². The van der Waals surface area contributed by atoms with Crippen LogP contribution in [-0.4, -0.2) is 45.3 Å². The molecular formula is C19H29N5O. The summed E-state index contributed by atoms with van der Waals surface area (Å²) < 4.78 is 2.06. The zero-order chi connectivity index (χ0) is 18.0.